The number of benzene rings is 1. The van der Waals surface area contributed by atoms with E-state index < -0.39 is 0 Å². The van der Waals surface area contributed by atoms with Gasteiger partial charge in [-0.1, -0.05) is 0 Å². The SMILES string of the molecule is Cc1cc(-c2cc(SC3CC3)ccc2O)c2cc[nH]c2[n+]1O. The summed E-state index contributed by atoms with van der Waals surface area (Å²) in [6, 6.07) is 9.58. The molecule has 0 unspecified atom stereocenters. The lowest BCUT2D eigenvalue weighted by molar-refractivity contribution is -0.889. The molecule has 0 radical (unpaired) electrons. The minimum absolute atomic E-state index is 0.262. The van der Waals surface area contributed by atoms with Gasteiger partial charge < -0.3 is 10.3 Å². The Morgan fingerprint density at radius 3 is 2.77 bits per heavy atom. The van der Waals surface area contributed by atoms with E-state index in [1.807, 2.05) is 43.0 Å². The summed E-state index contributed by atoms with van der Waals surface area (Å²) in [5, 5.41) is 22.0. The summed E-state index contributed by atoms with van der Waals surface area (Å²) < 4.78 is 1.14. The molecule has 0 amide bonds. The first-order valence-electron chi connectivity index (χ1n) is 7.35. The standard InChI is InChI=1S/C17H16N2O2S/c1-10-8-14(13-6-7-18-17(13)19(10)21)15-9-12(4-5-16(15)20)22-11-2-3-11/h4-9,11,21H,2-3H2,1H3,(H,18,20)/p+1. The van der Waals surface area contributed by atoms with Gasteiger partial charge in [0.05, 0.1) is 11.6 Å². The van der Waals surface area contributed by atoms with Gasteiger partial charge in [-0.15, -0.1) is 11.8 Å². The first-order valence-corrected chi connectivity index (χ1v) is 8.23. The number of aromatic hydroxyl groups is 1. The predicted octanol–water partition coefficient (Wildman–Crippen LogP) is 3.63. The highest BCUT2D eigenvalue weighted by atomic mass is 32.2. The van der Waals surface area contributed by atoms with Crippen molar-refractivity contribution >= 4 is 22.8 Å². The fraction of sp³-hybridized carbons (Fsp3) is 0.235. The molecular weight excluding hydrogens is 296 g/mol. The van der Waals surface area contributed by atoms with E-state index in [9.17, 15) is 10.3 Å². The van der Waals surface area contributed by atoms with Gasteiger partial charge in [0.1, 0.15) is 11.4 Å². The van der Waals surface area contributed by atoms with Crippen molar-refractivity contribution < 1.29 is 15.0 Å². The van der Waals surface area contributed by atoms with E-state index in [0.717, 1.165) is 26.5 Å². The van der Waals surface area contributed by atoms with Gasteiger partial charge in [-0.2, -0.15) is 0 Å². The zero-order valence-corrected chi connectivity index (χ0v) is 13.0. The average Bonchev–Trinajstić information content (AvgIpc) is 3.17. The molecule has 0 bridgehead atoms. The number of aromatic amines is 1. The van der Waals surface area contributed by atoms with Crippen LogP contribution in [0.2, 0.25) is 0 Å². The van der Waals surface area contributed by atoms with E-state index in [1.165, 1.54) is 17.7 Å². The number of hydrogen-bond donors (Lipinski definition) is 3. The number of nitrogens with one attached hydrogen (secondary N) is 1. The molecule has 0 aliphatic heterocycles. The Hall–Kier alpha value is -2.14. The highest BCUT2D eigenvalue weighted by molar-refractivity contribution is 8.00. The van der Waals surface area contributed by atoms with E-state index >= 15 is 0 Å². The number of phenolic OH excluding ortho intramolecular Hbond substituents is 1. The Labute approximate surface area is 132 Å². The quantitative estimate of drug-likeness (QED) is 0.511. The molecule has 4 rings (SSSR count). The number of H-pyrrole nitrogens is 1. The second-order valence-electron chi connectivity index (χ2n) is 5.75. The van der Waals surface area contributed by atoms with Crippen LogP contribution in [-0.4, -0.2) is 20.5 Å². The third-order valence-electron chi connectivity index (χ3n) is 4.00. The molecule has 1 aliphatic rings. The average molecular weight is 313 g/mol. The van der Waals surface area contributed by atoms with Crippen LogP contribution in [-0.2, 0) is 0 Å². The number of hydrogen-bond acceptors (Lipinski definition) is 3. The first-order chi connectivity index (χ1) is 10.6. The molecule has 1 fully saturated rings. The maximum atomic E-state index is 10.3. The smallest absolute Gasteiger partial charge is 0.326 e. The minimum Gasteiger partial charge on any atom is -0.507 e. The Morgan fingerprint density at radius 2 is 2.00 bits per heavy atom. The minimum atomic E-state index is 0.262. The molecule has 0 spiro atoms. The summed E-state index contributed by atoms with van der Waals surface area (Å²) in [6.45, 7) is 1.84. The van der Waals surface area contributed by atoms with Crippen molar-refractivity contribution in [3.63, 3.8) is 0 Å². The van der Waals surface area contributed by atoms with Gasteiger partial charge in [-0.25, -0.2) is 4.98 Å². The van der Waals surface area contributed by atoms with Crippen molar-refractivity contribution in [2.75, 3.05) is 0 Å². The van der Waals surface area contributed by atoms with Gasteiger partial charge in [0.15, 0.2) is 0 Å². The number of aromatic nitrogens is 2. The number of pyridine rings is 1. The van der Waals surface area contributed by atoms with Gasteiger partial charge >= 0.3 is 5.65 Å². The third-order valence-corrected chi connectivity index (χ3v) is 5.33. The van der Waals surface area contributed by atoms with Gasteiger partial charge in [0.25, 0.3) is 0 Å². The van der Waals surface area contributed by atoms with E-state index in [-0.39, 0.29) is 5.75 Å². The summed E-state index contributed by atoms with van der Waals surface area (Å²) in [5.41, 5.74) is 3.08. The van der Waals surface area contributed by atoms with E-state index in [4.69, 9.17) is 0 Å². The Bertz CT molecular complexity index is 868. The largest absolute Gasteiger partial charge is 0.507 e. The number of aryl methyl sites for hydroxylation is 1. The lowest BCUT2D eigenvalue weighted by Gasteiger charge is -2.09. The van der Waals surface area contributed by atoms with E-state index in [2.05, 4.69) is 4.98 Å². The fourth-order valence-electron chi connectivity index (χ4n) is 2.68. The molecule has 1 aliphatic carbocycles. The number of fused-ring (bicyclic) bond motifs is 1. The molecule has 3 N–H and O–H groups in total. The molecule has 2 heterocycles. The molecule has 1 aromatic carbocycles. The number of nitrogens with zero attached hydrogens (tertiary/aromatic N) is 1. The first kappa shape index (κ1) is 13.5. The molecule has 2 aromatic heterocycles. The van der Waals surface area contributed by atoms with E-state index in [1.54, 1.807) is 12.3 Å². The second kappa shape index (κ2) is 4.95. The zero-order valence-electron chi connectivity index (χ0n) is 12.2. The highest BCUT2D eigenvalue weighted by Crippen LogP contribution is 2.42. The summed E-state index contributed by atoms with van der Waals surface area (Å²) >= 11 is 1.87. The molecule has 4 nitrogen and oxygen atoms in total. The molecule has 22 heavy (non-hydrogen) atoms. The van der Waals surface area contributed by atoms with Crippen LogP contribution in [0.15, 0.2) is 41.4 Å². The Balaban J connectivity index is 1.90. The van der Waals surface area contributed by atoms with Gasteiger partial charge in [-0.3, -0.25) is 0 Å². The van der Waals surface area contributed by atoms with Crippen LogP contribution < -0.4 is 4.73 Å². The van der Waals surface area contributed by atoms with Crippen LogP contribution >= 0.6 is 11.8 Å². The monoisotopic (exact) mass is 313 g/mol. The topological polar surface area (TPSA) is 60.1 Å². The lowest BCUT2D eigenvalue weighted by Crippen LogP contribution is -2.34. The normalized spacial score (nSPS) is 14.6. The van der Waals surface area contributed by atoms with Crippen LogP contribution in [0, 0.1) is 6.92 Å². The number of rotatable bonds is 3. The molecule has 3 aromatic rings. The van der Waals surface area contributed by atoms with Crippen molar-refractivity contribution in [1.29, 1.82) is 0 Å². The van der Waals surface area contributed by atoms with Crippen LogP contribution in [0.4, 0.5) is 0 Å². The maximum absolute atomic E-state index is 10.3. The molecule has 0 saturated heterocycles. The van der Waals surface area contributed by atoms with Crippen LogP contribution in [0.1, 0.15) is 18.5 Å². The summed E-state index contributed by atoms with van der Waals surface area (Å²) in [6.07, 6.45) is 4.34. The van der Waals surface area contributed by atoms with Crippen molar-refractivity contribution in [2.45, 2.75) is 29.9 Å². The number of phenols is 1. The van der Waals surface area contributed by atoms with E-state index in [0.29, 0.717) is 11.3 Å². The predicted molar refractivity (Wildman–Crippen MR) is 86.4 cm³/mol. The van der Waals surface area contributed by atoms with Crippen LogP contribution in [0.5, 0.6) is 5.75 Å². The lowest BCUT2D eigenvalue weighted by atomic mass is 10.0. The Morgan fingerprint density at radius 1 is 1.18 bits per heavy atom. The highest BCUT2D eigenvalue weighted by Gasteiger charge is 2.24. The number of thioether (sulfide) groups is 1. The molecule has 112 valence electrons. The van der Waals surface area contributed by atoms with Gasteiger partial charge in [-0.05, 0) is 47.9 Å². The van der Waals surface area contributed by atoms with Gasteiger partial charge in [0, 0.05) is 28.2 Å². The fourth-order valence-corrected chi connectivity index (χ4v) is 3.77. The molecule has 0 atom stereocenters. The third kappa shape index (κ3) is 2.22. The zero-order chi connectivity index (χ0) is 15.3. The Kier molecular flexibility index (Phi) is 3.04. The summed E-state index contributed by atoms with van der Waals surface area (Å²) in [4.78, 5) is 4.22. The van der Waals surface area contributed by atoms with Crippen molar-refractivity contribution in [3.05, 3.63) is 42.2 Å². The van der Waals surface area contributed by atoms with Gasteiger partial charge in [0.2, 0.25) is 0 Å². The van der Waals surface area contributed by atoms with Crippen molar-refractivity contribution in [1.82, 2.24) is 4.98 Å². The molecular formula is C17H17N2O2S+. The van der Waals surface area contributed by atoms with Crippen molar-refractivity contribution in [2.24, 2.45) is 0 Å². The molecule has 1 saturated carbocycles. The summed E-state index contributed by atoms with van der Waals surface area (Å²) in [7, 11) is 0. The van der Waals surface area contributed by atoms with Crippen LogP contribution in [0.25, 0.3) is 22.2 Å². The maximum Gasteiger partial charge on any atom is 0.326 e. The summed E-state index contributed by atoms with van der Waals surface area (Å²) in [5.74, 6) is 0.262. The second-order valence-corrected chi connectivity index (χ2v) is 7.12. The molecule has 5 heteroatoms. The van der Waals surface area contributed by atoms with Crippen molar-refractivity contribution in [3.8, 4) is 16.9 Å². The van der Waals surface area contributed by atoms with Crippen LogP contribution in [0.3, 0.4) is 0 Å².